The number of piperidine rings is 1. The minimum atomic E-state index is 0.00209. The minimum absolute atomic E-state index is 0.00209. The number of carbonyl (C=O) groups excluding carboxylic acids is 1. The van der Waals surface area contributed by atoms with E-state index >= 15 is 0 Å². The molecule has 4 rings (SSSR count). The van der Waals surface area contributed by atoms with Crippen LogP contribution in [-0.4, -0.2) is 46.5 Å². The molecule has 1 saturated carbocycles. The molecule has 2 fully saturated rings. The number of rotatable bonds is 7. The van der Waals surface area contributed by atoms with Crippen molar-refractivity contribution in [1.29, 1.82) is 0 Å². The van der Waals surface area contributed by atoms with Gasteiger partial charge in [-0.3, -0.25) is 19.7 Å². The van der Waals surface area contributed by atoms with E-state index in [1.165, 1.54) is 24.8 Å². The summed E-state index contributed by atoms with van der Waals surface area (Å²) >= 11 is 0. The summed E-state index contributed by atoms with van der Waals surface area (Å²) in [5.41, 5.74) is 2.21. The predicted octanol–water partition coefficient (Wildman–Crippen LogP) is 3.75. The lowest BCUT2D eigenvalue weighted by atomic mass is 9.87. The molecule has 1 N–H and O–H groups in total. The SMILES string of the molecule is Cc1ccc(OC[C@H]2C[C@@H](C(=O)NC3CCCCC3)CN(Cc3ccncc3)C2)cn1. The molecule has 2 aromatic heterocycles. The Bertz CT molecular complexity index is 821. The van der Waals surface area contributed by atoms with E-state index in [-0.39, 0.29) is 11.8 Å². The monoisotopic (exact) mass is 422 g/mol. The molecular formula is C25H34N4O2. The van der Waals surface area contributed by atoms with Crippen LogP contribution in [0.4, 0.5) is 0 Å². The second-order valence-electron chi connectivity index (χ2n) is 9.14. The van der Waals surface area contributed by atoms with E-state index in [9.17, 15) is 4.79 Å². The molecule has 2 atom stereocenters. The molecule has 0 aromatic carbocycles. The number of likely N-dealkylation sites (tertiary alicyclic amines) is 1. The number of carbonyl (C=O) groups is 1. The van der Waals surface area contributed by atoms with Crippen molar-refractivity contribution in [3.8, 4) is 5.75 Å². The first-order chi connectivity index (χ1) is 15.2. The summed E-state index contributed by atoms with van der Waals surface area (Å²) in [5, 5.41) is 3.35. The summed E-state index contributed by atoms with van der Waals surface area (Å²) in [6, 6.07) is 8.38. The number of aryl methyl sites for hydroxylation is 1. The van der Waals surface area contributed by atoms with E-state index in [1.807, 2.05) is 31.5 Å². The number of hydrogen-bond donors (Lipinski definition) is 1. The number of pyridine rings is 2. The molecule has 0 unspecified atom stereocenters. The lowest BCUT2D eigenvalue weighted by Crippen LogP contribution is -2.49. The van der Waals surface area contributed by atoms with Crippen molar-refractivity contribution in [3.63, 3.8) is 0 Å². The van der Waals surface area contributed by atoms with Gasteiger partial charge < -0.3 is 10.1 Å². The maximum atomic E-state index is 13.1. The van der Waals surface area contributed by atoms with Crippen LogP contribution in [0, 0.1) is 18.8 Å². The highest BCUT2D eigenvalue weighted by molar-refractivity contribution is 5.79. The highest BCUT2D eigenvalue weighted by atomic mass is 16.5. The molecule has 3 heterocycles. The van der Waals surface area contributed by atoms with Gasteiger partial charge in [-0.15, -0.1) is 0 Å². The van der Waals surface area contributed by atoms with Crippen LogP contribution in [-0.2, 0) is 11.3 Å². The quantitative estimate of drug-likeness (QED) is 0.736. The maximum absolute atomic E-state index is 13.1. The van der Waals surface area contributed by atoms with Gasteiger partial charge in [-0.1, -0.05) is 19.3 Å². The number of aromatic nitrogens is 2. The van der Waals surface area contributed by atoms with Gasteiger partial charge in [0.1, 0.15) is 5.75 Å². The molecule has 1 aliphatic heterocycles. The van der Waals surface area contributed by atoms with Gasteiger partial charge in [-0.25, -0.2) is 0 Å². The fourth-order valence-electron chi connectivity index (χ4n) is 4.81. The zero-order valence-corrected chi connectivity index (χ0v) is 18.5. The number of amides is 1. The molecule has 0 spiro atoms. The van der Waals surface area contributed by atoms with Gasteiger partial charge in [0.15, 0.2) is 0 Å². The number of ether oxygens (including phenoxy) is 1. The lowest BCUT2D eigenvalue weighted by molar-refractivity contribution is -0.128. The minimum Gasteiger partial charge on any atom is -0.492 e. The Morgan fingerprint density at radius 3 is 2.68 bits per heavy atom. The number of nitrogens with zero attached hydrogens (tertiary/aromatic N) is 3. The summed E-state index contributed by atoms with van der Waals surface area (Å²) < 4.78 is 6.05. The molecule has 2 aliphatic rings. The summed E-state index contributed by atoms with van der Waals surface area (Å²) in [5.74, 6) is 1.31. The normalized spacial score (nSPS) is 22.7. The molecule has 0 radical (unpaired) electrons. The van der Waals surface area contributed by atoms with E-state index in [0.717, 1.165) is 50.3 Å². The zero-order valence-electron chi connectivity index (χ0n) is 18.5. The van der Waals surface area contributed by atoms with E-state index in [0.29, 0.717) is 18.6 Å². The summed E-state index contributed by atoms with van der Waals surface area (Å²) in [6.45, 7) is 5.12. The summed E-state index contributed by atoms with van der Waals surface area (Å²) in [6.07, 6.45) is 12.3. The molecule has 1 amide bonds. The molecule has 6 heteroatoms. The van der Waals surface area contributed by atoms with Crippen LogP contribution in [0.5, 0.6) is 5.75 Å². The second kappa shape index (κ2) is 10.7. The smallest absolute Gasteiger partial charge is 0.224 e. The third-order valence-corrected chi connectivity index (χ3v) is 6.46. The molecule has 31 heavy (non-hydrogen) atoms. The van der Waals surface area contributed by atoms with Gasteiger partial charge in [0.05, 0.1) is 18.7 Å². The molecule has 2 aromatic rings. The van der Waals surface area contributed by atoms with Crippen molar-refractivity contribution < 1.29 is 9.53 Å². The Morgan fingerprint density at radius 2 is 1.94 bits per heavy atom. The van der Waals surface area contributed by atoms with Crippen molar-refractivity contribution >= 4 is 5.91 Å². The summed E-state index contributed by atoms with van der Waals surface area (Å²) in [7, 11) is 0. The lowest BCUT2D eigenvalue weighted by Gasteiger charge is -2.38. The van der Waals surface area contributed by atoms with Gasteiger partial charge in [0, 0.05) is 49.7 Å². The average Bonchev–Trinajstić information content (AvgIpc) is 2.80. The third-order valence-electron chi connectivity index (χ3n) is 6.46. The van der Waals surface area contributed by atoms with Crippen molar-refractivity contribution in [1.82, 2.24) is 20.2 Å². The molecule has 1 saturated heterocycles. The summed E-state index contributed by atoms with van der Waals surface area (Å²) in [4.78, 5) is 24.0. The van der Waals surface area contributed by atoms with Crippen LogP contribution < -0.4 is 10.1 Å². The van der Waals surface area contributed by atoms with Gasteiger partial charge >= 0.3 is 0 Å². The van der Waals surface area contributed by atoms with Gasteiger partial charge in [0.25, 0.3) is 0 Å². The zero-order chi connectivity index (χ0) is 21.5. The number of hydrogen-bond acceptors (Lipinski definition) is 5. The van der Waals surface area contributed by atoms with Crippen molar-refractivity contribution in [2.24, 2.45) is 11.8 Å². The van der Waals surface area contributed by atoms with E-state index < -0.39 is 0 Å². The first kappa shape index (κ1) is 21.8. The van der Waals surface area contributed by atoms with Crippen LogP contribution in [0.3, 0.4) is 0 Å². The predicted molar refractivity (Wildman–Crippen MR) is 121 cm³/mol. The Balaban J connectivity index is 1.39. The Kier molecular flexibility index (Phi) is 7.52. The van der Waals surface area contributed by atoms with E-state index in [4.69, 9.17) is 4.74 Å². The highest BCUT2D eigenvalue weighted by Crippen LogP contribution is 2.26. The first-order valence-electron chi connectivity index (χ1n) is 11.6. The second-order valence-corrected chi connectivity index (χ2v) is 9.14. The third kappa shape index (κ3) is 6.50. The largest absolute Gasteiger partial charge is 0.492 e. The Morgan fingerprint density at radius 1 is 1.13 bits per heavy atom. The topological polar surface area (TPSA) is 67.3 Å². The van der Waals surface area contributed by atoms with Crippen LogP contribution >= 0.6 is 0 Å². The molecule has 0 bridgehead atoms. The Hall–Kier alpha value is -2.47. The van der Waals surface area contributed by atoms with E-state index in [1.54, 1.807) is 6.20 Å². The van der Waals surface area contributed by atoms with Crippen LogP contribution in [0.15, 0.2) is 42.9 Å². The first-order valence-corrected chi connectivity index (χ1v) is 11.6. The fourth-order valence-corrected chi connectivity index (χ4v) is 4.81. The molecule has 1 aliphatic carbocycles. The number of nitrogens with one attached hydrogen (secondary N) is 1. The molecule has 6 nitrogen and oxygen atoms in total. The standard InChI is InChI=1S/C25H34N4O2/c1-19-7-8-24(14-27-19)31-18-21-13-22(25(30)28-23-5-3-2-4-6-23)17-29(16-21)15-20-9-11-26-12-10-20/h7-12,14,21-23H,2-6,13,15-18H2,1H3,(H,28,30)/t21-,22+/m0/s1. The fraction of sp³-hybridized carbons (Fsp3) is 0.560. The van der Waals surface area contributed by atoms with Crippen LogP contribution in [0.2, 0.25) is 0 Å². The van der Waals surface area contributed by atoms with Crippen LogP contribution in [0.1, 0.15) is 49.8 Å². The van der Waals surface area contributed by atoms with Gasteiger partial charge in [-0.05, 0) is 56.0 Å². The van der Waals surface area contributed by atoms with Gasteiger partial charge in [0.2, 0.25) is 5.91 Å². The maximum Gasteiger partial charge on any atom is 0.224 e. The Labute approximate surface area is 185 Å². The van der Waals surface area contributed by atoms with E-state index in [2.05, 4.69) is 32.3 Å². The molecule has 166 valence electrons. The van der Waals surface area contributed by atoms with Crippen molar-refractivity contribution in [3.05, 3.63) is 54.1 Å². The van der Waals surface area contributed by atoms with Crippen molar-refractivity contribution in [2.75, 3.05) is 19.7 Å². The highest BCUT2D eigenvalue weighted by Gasteiger charge is 2.33. The molecular weight excluding hydrogens is 388 g/mol. The van der Waals surface area contributed by atoms with Gasteiger partial charge in [-0.2, -0.15) is 0 Å². The average molecular weight is 423 g/mol. The van der Waals surface area contributed by atoms with Crippen LogP contribution in [0.25, 0.3) is 0 Å². The van der Waals surface area contributed by atoms with Crippen molar-refractivity contribution in [2.45, 2.75) is 58.0 Å².